The van der Waals surface area contributed by atoms with Crippen LogP contribution in [0, 0.1) is 5.82 Å². The molecule has 0 aromatic heterocycles. The van der Waals surface area contributed by atoms with Gasteiger partial charge in [0.15, 0.2) is 0 Å². The third-order valence-electron chi connectivity index (χ3n) is 3.19. The summed E-state index contributed by atoms with van der Waals surface area (Å²) in [5.41, 5.74) is -0.966. The smallest absolute Gasteiger partial charge is 0.329 e. The second-order valence-corrected chi connectivity index (χ2v) is 4.67. The van der Waals surface area contributed by atoms with Crippen molar-refractivity contribution in [2.75, 3.05) is 7.11 Å². The number of carboxylic acids is 1. The van der Waals surface area contributed by atoms with E-state index in [0.29, 0.717) is 11.3 Å². The molecule has 0 aliphatic rings. The van der Waals surface area contributed by atoms with E-state index in [1.54, 1.807) is 6.92 Å². The number of methoxy groups -OCH3 is 1. The van der Waals surface area contributed by atoms with Gasteiger partial charge in [-0.3, -0.25) is 4.79 Å². The Balaban J connectivity index is 2.86. The Hall–Kier alpha value is -2.11. The van der Waals surface area contributed by atoms with Gasteiger partial charge in [0.25, 0.3) is 0 Å². The van der Waals surface area contributed by atoms with E-state index >= 15 is 0 Å². The minimum absolute atomic E-state index is 0.149. The van der Waals surface area contributed by atoms with Gasteiger partial charge in [0, 0.05) is 5.56 Å². The zero-order valence-electron chi connectivity index (χ0n) is 11.7. The van der Waals surface area contributed by atoms with Gasteiger partial charge in [0.05, 0.1) is 13.5 Å². The van der Waals surface area contributed by atoms with Gasteiger partial charge in [0.2, 0.25) is 5.91 Å². The Kier molecular flexibility index (Phi) is 5.07. The van der Waals surface area contributed by atoms with E-state index in [-0.39, 0.29) is 12.8 Å². The molecule has 0 aliphatic carbocycles. The number of halogens is 1. The lowest BCUT2D eigenvalue weighted by Crippen LogP contribution is -2.52. The molecule has 5 nitrogen and oxygen atoms in total. The number of hydrogen-bond donors (Lipinski definition) is 2. The number of rotatable bonds is 6. The molecule has 20 heavy (non-hydrogen) atoms. The number of benzene rings is 1. The summed E-state index contributed by atoms with van der Waals surface area (Å²) in [5, 5.41) is 11.5. The highest BCUT2D eigenvalue weighted by molar-refractivity contribution is 5.87. The zero-order chi connectivity index (χ0) is 15.3. The predicted molar refractivity (Wildman–Crippen MR) is 71.1 cm³/mol. The number of ether oxygens (including phenoxy) is 1. The van der Waals surface area contributed by atoms with Crippen LogP contribution in [0.3, 0.4) is 0 Å². The third-order valence-corrected chi connectivity index (χ3v) is 3.19. The molecule has 0 spiro atoms. The number of carboxylic acid groups (broad SMARTS) is 1. The van der Waals surface area contributed by atoms with Crippen molar-refractivity contribution in [3.8, 4) is 5.75 Å². The summed E-state index contributed by atoms with van der Waals surface area (Å²) in [5.74, 6) is -1.71. The third kappa shape index (κ3) is 3.69. The minimum atomic E-state index is -1.34. The van der Waals surface area contributed by atoms with Crippen molar-refractivity contribution < 1.29 is 23.8 Å². The number of nitrogens with one attached hydrogen (secondary N) is 1. The summed E-state index contributed by atoms with van der Waals surface area (Å²) >= 11 is 0. The molecular formula is C14H18FNO4. The monoisotopic (exact) mass is 283 g/mol. The predicted octanol–water partition coefficient (Wildman–Crippen LogP) is 1.75. The average molecular weight is 283 g/mol. The van der Waals surface area contributed by atoms with E-state index < -0.39 is 23.2 Å². The fraction of sp³-hybridized carbons (Fsp3) is 0.429. The molecule has 0 saturated carbocycles. The van der Waals surface area contributed by atoms with Crippen LogP contribution in [0.2, 0.25) is 0 Å². The number of carbonyl (C=O) groups is 2. The molecule has 1 aromatic carbocycles. The highest BCUT2D eigenvalue weighted by Gasteiger charge is 2.32. The van der Waals surface area contributed by atoms with Crippen molar-refractivity contribution in [1.82, 2.24) is 5.32 Å². The first-order valence-electron chi connectivity index (χ1n) is 6.19. The van der Waals surface area contributed by atoms with Gasteiger partial charge < -0.3 is 15.2 Å². The lowest BCUT2D eigenvalue weighted by atomic mass is 9.98. The minimum Gasteiger partial charge on any atom is -0.496 e. The molecule has 0 saturated heterocycles. The molecule has 0 heterocycles. The second-order valence-electron chi connectivity index (χ2n) is 4.67. The van der Waals surface area contributed by atoms with Crippen LogP contribution >= 0.6 is 0 Å². The normalized spacial score (nSPS) is 13.4. The number of amides is 1. The van der Waals surface area contributed by atoms with Crippen LogP contribution in [0.25, 0.3) is 0 Å². The molecule has 1 aromatic rings. The van der Waals surface area contributed by atoms with E-state index in [1.807, 2.05) is 0 Å². The first-order valence-corrected chi connectivity index (χ1v) is 6.19. The highest BCUT2D eigenvalue weighted by atomic mass is 19.1. The molecule has 0 fully saturated rings. The molecule has 0 bridgehead atoms. The molecule has 1 atom stereocenters. The first-order chi connectivity index (χ1) is 9.32. The van der Waals surface area contributed by atoms with Crippen LogP contribution in [0.1, 0.15) is 25.8 Å². The molecule has 110 valence electrons. The number of aliphatic carboxylic acids is 1. The summed E-state index contributed by atoms with van der Waals surface area (Å²) in [6, 6.07) is 3.85. The SMILES string of the molecule is CCC(C)(NC(=O)Cc1cc(F)ccc1OC)C(=O)O. The van der Waals surface area contributed by atoms with Crippen LogP contribution in [0.15, 0.2) is 18.2 Å². The molecule has 6 heteroatoms. The van der Waals surface area contributed by atoms with E-state index in [4.69, 9.17) is 9.84 Å². The standard InChI is InChI=1S/C14H18FNO4/c1-4-14(2,13(18)19)16-12(17)8-9-7-10(15)5-6-11(9)20-3/h5-7H,4,8H2,1-3H3,(H,16,17)(H,18,19). The fourth-order valence-corrected chi connectivity index (χ4v) is 1.70. The maximum atomic E-state index is 13.2. The van der Waals surface area contributed by atoms with Gasteiger partial charge in [-0.2, -0.15) is 0 Å². The van der Waals surface area contributed by atoms with Gasteiger partial charge in [-0.1, -0.05) is 6.92 Å². The summed E-state index contributed by atoms with van der Waals surface area (Å²) in [4.78, 5) is 23.0. The van der Waals surface area contributed by atoms with Crippen LogP contribution in [-0.2, 0) is 16.0 Å². The highest BCUT2D eigenvalue weighted by Crippen LogP contribution is 2.20. The average Bonchev–Trinajstić information content (AvgIpc) is 2.38. The Morgan fingerprint density at radius 2 is 2.10 bits per heavy atom. The van der Waals surface area contributed by atoms with Crippen molar-refractivity contribution >= 4 is 11.9 Å². The summed E-state index contributed by atoms with van der Waals surface area (Å²) < 4.78 is 18.2. The van der Waals surface area contributed by atoms with Crippen molar-refractivity contribution in [3.63, 3.8) is 0 Å². The molecule has 0 radical (unpaired) electrons. The van der Waals surface area contributed by atoms with Gasteiger partial charge >= 0.3 is 5.97 Å². The van der Waals surface area contributed by atoms with E-state index in [2.05, 4.69) is 5.32 Å². The topological polar surface area (TPSA) is 75.6 Å². The summed E-state index contributed by atoms with van der Waals surface area (Å²) in [6.45, 7) is 3.09. The number of carbonyl (C=O) groups excluding carboxylic acids is 1. The van der Waals surface area contributed by atoms with Crippen molar-refractivity contribution in [2.45, 2.75) is 32.2 Å². The van der Waals surface area contributed by atoms with Crippen LogP contribution in [-0.4, -0.2) is 29.6 Å². The summed E-state index contributed by atoms with van der Waals surface area (Å²) in [7, 11) is 1.42. The van der Waals surface area contributed by atoms with Crippen LogP contribution in [0.4, 0.5) is 4.39 Å². The lowest BCUT2D eigenvalue weighted by molar-refractivity contribution is -0.146. The van der Waals surface area contributed by atoms with Gasteiger partial charge in [0.1, 0.15) is 17.1 Å². The fourth-order valence-electron chi connectivity index (χ4n) is 1.70. The van der Waals surface area contributed by atoms with Gasteiger partial charge in [-0.25, -0.2) is 9.18 Å². The van der Waals surface area contributed by atoms with Crippen molar-refractivity contribution in [1.29, 1.82) is 0 Å². The van der Waals surface area contributed by atoms with Crippen LogP contribution in [0.5, 0.6) is 5.75 Å². The first kappa shape index (κ1) is 15.9. The van der Waals surface area contributed by atoms with Crippen molar-refractivity contribution in [2.24, 2.45) is 0 Å². The van der Waals surface area contributed by atoms with E-state index in [1.165, 1.54) is 32.2 Å². The molecule has 2 N–H and O–H groups in total. The zero-order valence-corrected chi connectivity index (χ0v) is 11.7. The maximum Gasteiger partial charge on any atom is 0.329 e. The molecular weight excluding hydrogens is 265 g/mol. The molecule has 1 rings (SSSR count). The maximum absolute atomic E-state index is 13.2. The Bertz CT molecular complexity index is 518. The Morgan fingerprint density at radius 3 is 2.60 bits per heavy atom. The molecule has 1 amide bonds. The molecule has 0 aliphatic heterocycles. The van der Waals surface area contributed by atoms with Gasteiger partial charge in [-0.15, -0.1) is 0 Å². The lowest BCUT2D eigenvalue weighted by Gasteiger charge is -2.24. The quantitative estimate of drug-likeness (QED) is 0.834. The van der Waals surface area contributed by atoms with E-state index in [0.717, 1.165) is 0 Å². The van der Waals surface area contributed by atoms with Crippen molar-refractivity contribution in [3.05, 3.63) is 29.6 Å². The molecule has 1 unspecified atom stereocenters. The number of hydrogen-bond acceptors (Lipinski definition) is 3. The summed E-state index contributed by atoms with van der Waals surface area (Å²) in [6.07, 6.45) is 0.0954. The Labute approximate surface area is 116 Å². The van der Waals surface area contributed by atoms with Gasteiger partial charge in [-0.05, 0) is 31.5 Å². The van der Waals surface area contributed by atoms with Crippen LogP contribution < -0.4 is 10.1 Å². The Morgan fingerprint density at radius 1 is 1.45 bits per heavy atom. The van der Waals surface area contributed by atoms with E-state index in [9.17, 15) is 14.0 Å². The second kappa shape index (κ2) is 6.36. The largest absolute Gasteiger partial charge is 0.496 e.